The van der Waals surface area contributed by atoms with Gasteiger partial charge in [-0.3, -0.25) is 10.1 Å². The molecular weight excluding hydrogens is 266 g/mol. The molecular formula is C14H18ClNO3. The Balaban J connectivity index is 2.13. The van der Waals surface area contributed by atoms with Crippen LogP contribution in [0.1, 0.15) is 32.3 Å². The van der Waals surface area contributed by atoms with E-state index in [-0.39, 0.29) is 27.5 Å². The van der Waals surface area contributed by atoms with E-state index >= 15 is 0 Å². The zero-order valence-electron chi connectivity index (χ0n) is 11.4. The van der Waals surface area contributed by atoms with Crippen LogP contribution < -0.4 is 4.74 Å². The number of ether oxygens (including phenoxy) is 1. The van der Waals surface area contributed by atoms with Gasteiger partial charge in [-0.05, 0) is 25.5 Å². The Hall–Kier alpha value is -1.29. The van der Waals surface area contributed by atoms with Gasteiger partial charge in [0, 0.05) is 28.8 Å². The fourth-order valence-electron chi connectivity index (χ4n) is 2.47. The van der Waals surface area contributed by atoms with Crippen LogP contribution in [0.2, 0.25) is 0 Å². The number of nitro groups is 1. The molecule has 0 heterocycles. The van der Waals surface area contributed by atoms with Crippen molar-refractivity contribution >= 4 is 17.3 Å². The first-order chi connectivity index (χ1) is 8.88. The van der Waals surface area contributed by atoms with Gasteiger partial charge in [0.1, 0.15) is 11.9 Å². The second-order valence-electron chi connectivity index (χ2n) is 5.37. The summed E-state index contributed by atoms with van der Waals surface area (Å²) < 4.78 is 5.94. The second-order valence-corrected chi connectivity index (χ2v) is 5.90. The lowest BCUT2D eigenvalue weighted by atomic mass is 9.65. The fraction of sp³-hybridized carbons (Fsp3) is 0.571. The average molecular weight is 284 g/mol. The summed E-state index contributed by atoms with van der Waals surface area (Å²) in [6.45, 7) is 5.94. The minimum absolute atomic E-state index is 0.0166. The van der Waals surface area contributed by atoms with Crippen molar-refractivity contribution in [3.8, 4) is 5.75 Å². The summed E-state index contributed by atoms with van der Waals surface area (Å²) in [5, 5.41) is 10.9. The largest absolute Gasteiger partial charge is 0.490 e. The van der Waals surface area contributed by atoms with Crippen LogP contribution in [0.25, 0.3) is 0 Å². The molecule has 0 amide bonds. The maximum atomic E-state index is 10.8. The lowest BCUT2D eigenvalue weighted by Crippen LogP contribution is -2.55. The quantitative estimate of drug-likeness (QED) is 0.475. The second kappa shape index (κ2) is 5.00. The molecule has 0 spiro atoms. The Morgan fingerprint density at radius 2 is 2.26 bits per heavy atom. The van der Waals surface area contributed by atoms with Crippen molar-refractivity contribution in [2.24, 2.45) is 5.41 Å². The van der Waals surface area contributed by atoms with E-state index in [1.165, 1.54) is 6.07 Å². The Morgan fingerprint density at radius 3 is 2.74 bits per heavy atom. The van der Waals surface area contributed by atoms with Crippen LogP contribution >= 0.6 is 11.6 Å². The van der Waals surface area contributed by atoms with Gasteiger partial charge in [0.2, 0.25) is 0 Å². The molecule has 4 nitrogen and oxygen atoms in total. The molecule has 5 heteroatoms. The summed E-state index contributed by atoms with van der Waals surface area (Å²) in [5.74, 6) is 0.677. The number of rotatable bonds is 4. The van der Waals surface area contributed by atoms with Crippen LogP contribution in [0.15, 0.2) is 18.2 Å². The number of benzene rings is 1. The first-order valence-corrected chi connectivity index (χ1v) is 6.88. The number of nitrogens with zero attached hydrogens (tertiary/aromatic N) is 1. The monoisotopic (exact) mass is 283 g/mol. The van der Waals surface area contributed by atoms with Gasteiger partial charge < -0.3 is 4.74 Å². The van der Waals surface area contributed by atoms with Gasteiger partial charge >= 0.3 is 0 Å². The molecule has 104 valence electrons. The summed E-state index contributed by atoms with van der Waals surface area (Å²) in [6.07, 6.45) is 1.86. The molecule has 0 radical (unpaired) electrons. The molecule has 0 N–H and O–H groups in total. The highest BCUT2D eigenvalue weighted by atomic mass is 35.5. The van der Waals surface area contributed by atoms with Crippen LogP contribution in [0.4, 0.5) is 5.69 Å². The Kier molecular flexibility index (Phi) is 3.72. The predicted molar refractivity (Wildman–Crippen MR) is 74.9 cm³/mol. The van der Waals surface area contributed by atoms with Gasteiger partial charge in [0.25, 0.3) is 5.69 Å². The highest BCUT2D eigenvalue weighted by Crippen LogP contribution is 2.49. The molecule has 2 rings (SSSR count). The number of nitro benzene ring substituents is 1. The van der Waals surface area contributed by atoms with Crippen molar-refractivity contribution in [2.75, 3.05) is 0 Å². The molecule has 1 saturated carbocycles. The zero-order chi connectivity index (χ0) is 14.2. The molecule has 1 aliphatic carbocycles. The van der Waals surface area contributed by atoms with Crippen LogP contribution in [0.3, 0.4) is 0 Å². The van der Waals surface area contributed by atoms with Crippen LogP contribution in [-0.2, 0) is 0 Å². The number of aryl methyl sites for hydroxylation is 1. The van der Waals surface area contributed by atoms with Crippen molar-refractivity contribution in [2.45, 2.75) is 45.1 Å². The SMILES string of the molecule is CCC1(C)C(Cl)CC1Oc1ccc([N+](=O)[O-])c(C)c1. The lowest BCUT2D eigenvalue weighted by molar-refractivity contribution is -0.385. The third-order valence-corrected chi connectivity index (χ3v) is 4.95. The molecule has 3 atom stereocenters. The minimum atomic E-state index is -0.382. The van der Waals surface area contributed by atoms with E-state index in [0.717, 1.165) is 12.8 Å². The van der Waals surface area contributed by atoms with Gasteiger partial charge in [-0.15, -0.1) is 11.6 Å². The van der Waals surface area contributed by atoms with E-state index < -0.39 is 0 Å². The van der Waals surface area contributed by atoms with E-state index in [1.807, 2.05) is 0 Å². The molecule has 19 heavy (non-hydrogen) atoms. The number of hydrogen-bond donors (Lipinski definition) is 0. The first kappa shape index (κ1) is 14.1. The maximum absolute atomic E-state index is 10.8. The summed E-state index contributed by atoms with van der Waals surface area (Å²) in [4.78, 5) is 10.4. The van der Waals surface area contributed by atoms with E-state index in [0.29, 0.717) is 11.3 Å². The van der Waals surface area contributed by atoms with Crippen molar-refractivity contribution < 1.29 is 9.66 Å². The van der Waals surface area contributed by atoms with Gasteiger partial charge in [0.05, 0.1) is 4.92 Å². The highest BCUT2D eigenvalue weighted by molar-refractivity contribution is 6.21. The standard InChI is InChI=1S/C14H18ClNO3/c1-4-14(3)12(15)8-13(14)19-10-5-6-11(16(17)18)9(2)7-10/h5-7,12-13H,4,8H2,1-3H3. The van der Waals surface area contributed by atoms with Gasteiger partial charge in [-0.2, -0.15) is 0 Å². The predicted octanol–water partition coefficient (Wildman–Crippen LogP) is 4.08. The summed E-state index contributed by atoms with van der Waals surface area (Å²) >= 11 is 6.25. The molecule has 3 unspecified atom stereocenters. The van der Waals surface area contributed by atoms with E-state index in [9.17, 15) is 10.1 Å². The van der Waals surface area contributed by atoms with E-state index in [1.54, 1.807) is 19.1 Å². The first-order valence-electron chi connectivity index (χ1n) is 6.44. The van der Waals surface area contributed by atoms with E-state index in [4.69, 9.17) is 16.3 Å². The Morgan fingerprint density at radius 1 is 1.58 bits per heavy atom. The van der Waals surface area contributed by atoms with Crippen molar-refractivity contribution in [1.82, 2.24) is 0 Å². The fourth-order valence-corrected chi connectivity index (χ4v) is 2.93. The summed E-state index contributed by atoms with van der Waals surface area (Å²) in [7, 11) is 0. The van der Waals surface area contributed by atoms with E-state index in [2.05, 4.69) is 13.8 Å². The number of halogens is 1. The summed E-state index contributed by atoms with van der Waals surface area (Å²) in [5.41, 5.74) is 0.717. The molecule has 0 bridgehead atoms. The van der Waals surface area contributed by atoms with Crippen LogP contribution in [0, 0.1) is 22.5 Å². The molecule has 1 aliphatic rings. The Labute approximate surface area is 117 Å². The number of hydrogen-bond acceptors (Lipinski definition) is 3. The zero-order valence-corrected chi connectivity index (χ0v) is 12.1. The average Bonchev–Trinajstić information content (AvgIpc) is 2.37. The molecule has 1 fully saturated rings. The van der Waals surface area contributed by atoms with Crippen LogP contribution in [0.5, 0.6) is 5.75 Å². The van der Waals surface area contributed by atoms with Crippen molar-refractivity contribution in [3.63, 3.8) is 0 Å². The van der Waals surface area contributed by atoms with Gasteiger partial charge in [-0.25, -0.2) is 0 Å². The van der Waals surface area contributed by atoms with Gasteiger partial charge in [0.15, 0.2) is 0 Å². The molecule has 1 aromatic carbocycles. The smallest absolute Gasteiger partial charge is 0.272 e. The van der Waals surface area contributed by atoms with Gasteiger partial charge in [-0.1, -0.05) is 13.8 Å². The molecule has 0 aliphatic heterocycles. The molecule has 1 aromatic rings. The normalized spacial score (nSPS) is 29.7. The third-order valence-electron chi connectivity index (χ3n) is 4.28. The third kappa shape index (κ3) is 2.41. The number of alkyl halides is 1. The maximum Gasteiger partial charge on any atom is 0.272 e. The van der Waals surface area contributed by atoms with Crippen molar-refractivity contribution in [1.29, 1.82) is 0 Å². The summed E-state index contributed by atoms with van der Waals surface area (Å²) in [6, 6.07) is 4.86. The molecule has 0 saturated heterocycles. The van der Waals surface area contributed by atoms with Crippen molar-refractivity contribution in [3.05, 3.63) is 33.9 Å². The van der Waals surface area contributed by atoms with Crippen LogP contribution in [-0.4, -0.2) is 16.4 Å². The molecule has 0 aromatic heterocycles. The Bertz CT molecular complexity index is 505. The highest BCUT2D eigenvalue weighted by Gasteiger charge is 2.51. The minimum Gasteiger partial charge on any atom is -0.490 e. The topological polar surface area (TPSA) is 52.4 Å². The lowest BCUT2D eigenvalue weighted by Gasteiger charge is -2.50.